The summed E-state index contributed by atoms with van der Waals surface area (Å²) < 4.78 is 7.74. The van der Waals surface area contributed by atoms with Crippen molar-refractivity contribution in [2.45, 2.75) is 18.3 Å². The van der Waals surface area contributed by atoms with Gasteiger partial charge in [-0.05, 0) is 35.9 Å². The van der Waals surface area contributed by atoms with E-state index in [0.717, 1.165) is 26.3 Å². The van der Waals surface area contributed by atoms with Crippen molar-refractivity contribution in [2.24, 2.45) is 10.2 Å². The monoisotopic (exact) mass is 539 g/mol. The van der Waals surface area contributed by atoms with Crippen LogP contribution in [0.5, 0.6) is 5.75 Å². The molecule has 2 aromatic rings. The van der Waals surface area contributed by atoms with Gasteiger partial charge in [-0.1, -0.05) is 55.8 Å². The van der Waals surface area contributed by atoms with Crippen molar-refractivity contribution in [2.75, 3.05) is 0 Å². The van der Waals surface area contributed by atoms with Gasteiger partial charge in [-0.3, -0.25) is 9.59 Å². The van der Waals surface area contributed by atoms with Gasteiger partial charge in [0, 0.05) is 14.5 Å². The molecule has 1 aliphatic rings. The molecule has 1 unspecified atom stereocenters. The number of rotatable bonds is 7. The van der Waals surface area contributed by atoms with Gasteiger partial charge in [-0.2, -0.15) is 5.10 Å². The van der Waals surface area contributed by atoms with E-state index in [9.17, 15) is 9.59 Å². The first-order valence-electron chi connectivity index (χ1n) is 8.38. The molecule has 1 aliphatic heterocycles. The second-order valence-corrected chi connectivity index (χ2v) is 8.97. The lowest BCUT2D eigenvalue weighted by atomic mass is 10.2. The molecule has 1 fully saturated rings. The molecule has 0 saturated carbocycles. The highest BCUT2D eigenvalue weighted by Gasteiger charge is 2.32. The molecule has 0 bridgehead atoms. The Hall–Kier alpha value is -2.17. The molecule has 0 aliphatic carbocycles. The average Bonchev–Trinajstić information content (AvgIpc) is 3.00. The Morgan fingerprint density at radius 1 is 1.24 bits per heavy atom. The van der Waals surface area contributed by atoms with E-state index < -0.39 is 11.2 Å². The van der Waals surface area contributed by atoms with E-state index in [-0.39, 0.29) is 17.5 Å². The normalized spacial score (nSPS) is 17.7. The molecule has 10 heteroatoms. The lowest BCUT2D eigenvalue weighted by Crippen LogP contribution is -2.26. The third kappa shape index (κ3) is 6.41. The fourth-order valence-corrected chi connectivity index (χ4v) is 4.17. The van der Waals surface area contributed by atoms with Crippen molar-refractivity contribution in [1.29, 1.82) is 0 Å². The molecule has 0 spiro atoms. The number of hydrogen-bond donors (Lipinski definition) is 2. The minimum Gasteiger partial charge on any atom is -0.488 e. The third-order valence-corrected chi connectivity index (χ3v) is 5.80. The first-order chi connectivity index (χ1) is 13.9. The van der Waals surface area contributed by atoms with Gasteiger partial charge in [0.25, 0.3) is 0 Å². The predicted octanol–water partition coefficient (Wildman–Crippen LogP) is 4.19. The van der Waals surface area contributed by atoms with Gasteiger partial charge >= 0.3 is 5.97 Å². The van der Waals surface area contributed by atoms with Crippen molar-refractivity contribution in [3.05, 3.63) is 62.5 Å². The van der Waals surface area contributed by atoms with Crippen LogP contribution in [-0.4, -0.2) is 33.6 Å². The maximum Gasteiger partial charge on any atom is 0.305 e. The van der Waals surface area contributed by atoms with E-state index >= 15 is 0 Å². The van der Waals surface area contributed by atoms with Gasteiger partial charge in [0.05, 0.1) is 12.6 Å². The summed E-state index contributed by atoms with van der Waals surface area (Å²) in [4.78, 5) is 22.5. The molecule has 2 aromatic carbocycles. The zero-order valence-electron chi connectivity index (χ0n) is 14.8. The molecule has 1 saturated heterocycles. The van der Waals surface area contributed by atoms with Crippen LogP contribution in [0.4, 0.5) is 0 Å². The molecule has 7 nitrogen and oxygen atoms in total. The number of amides is 1. The van der Waals surface area contributed by atoms with Crippen molar-refractivity contribution >= 4 is 66.9 Å². The van der Waals surface area contributed by atoms with Gasteiger partial charge in [-0.15, -0.1) is 5.10 Å². The molecule has 2 N–H and O–H groups in total. The molecular weight excluding hydrogens is 526 g/mol. The summed E-state index contributed by atoms with van der Waals surface area (Å²) in [5, 5.41) is 18.9. The van der Waals surface area contributed by atoms with Gasteiger partial charge in [0.15, 0.2) is 5.17 Å². The van der Waals surface area contributed by atoms with E-state index in [0.29, 0.717) is 17.9 Å². The zero-order chi connectivity index (χ0) is 20.8. The van der Waals surface area contributed by atoms with Crippen molar-refractivity contribution in [3.8, 4) is 5.75 Å². The number of carboxylic acid groups (broad SMARTS) is 1. The standard InChI is InChI=1S/C19H15Br2N3O4S/c20-13-3-1-2-11(6-13)10-28-15-5-4-14(21)7-12(15)9-22-24-19-23-18(27)16(29-19)8-17(25)26/h1-7,9,16H,8,10H2,(H,25,26)(H,23,24,27). The quantitative estimate of drug-likeness (QED) is 0.405. The van der Waals surface area contributed by atoms with Crippen molar-refractivity contribution < 1.29 is 19.4 Å². The number of amidine groups is 1. The highest BCUT2D eigenvalue weighted by Crippen LogP contribution is 2.24. The number of carbonyl (C=O) groups is 2. The number of hydrogen-bond acceptors (Lipinski definition) is 6. The summed E-state index contributed by atoms with van der Waals surface area (Å²) in [5.74, 6) is -0.792. The molecule has 150 valence electrons. The summed E-state index contributed by atoms with van der Waals surface area (Å²) >= 11 is 7.91. The number of carbonyl (C=O) groups excluding carboxylic acids is 1. The van der Waals surface area contributed by atoms with E-state index in [4.69, 9.17) is 9.84 Å². The maximum absolute atomic E-state index is 11.7. The van der Waals surface area contributed by atoms with Crippen LogP contribution in [-0.2, 0) is 16.2 Å². The molecule has 1 heterocycles. The number of ether oxygens (including phenoxy) is 1. The second kappa shape index (κ2) is 10.0. The van der Waals surface area contributed by atoms with Crippen LogP contribution < -0.4 is 10.1 Å². The smallest absolute Gasteiger partial charge is 0.305 e. The molecule has 29 heavy (non-hydrogen) atoms. The number of nitrogens with zero attached hydrogens (tertiary/aromatic N) is 2. The lowest BCUT2D eigenvalue weighted by Gasteiger charge is -2.09. The molecule has 0 radical (unpaired) electrons. The minimum absolute atomic E-state index is 0.265. The Kier molecular flexibility index (Phi) is 7.45. The number of aliphatic carboxylic acids is 1. The second-order valence-electron chi connectivity index (χ2n) is 5.94. The summed E-state index contributed by atoms with van der Waals surface area (Å²) in [7, 11) is 0. The Labute approximate surface area is 187 Å². The van der Waals surface area contributed by atoms with Crippen LogP contribution >= 0.6 is 43.6 Å². The van der Waals surface area contributed by atoms with E-state index in [1.165, 1.54) is 6.21 Å². The Morgan fingerprint density at radius 3 is 2.79 bits per heavy atom. The molecule has 0 aromatic heterocycles. The number of benzene rings is 2. The minimum atomic E-state index is -1.04. The zero-order valence-corrected chi connectivity index (χ0v) is 18.8. The SMILES string of the molecule is O=C(O)CC1SC(=NN=Cc2cc(Br)ccc2OCc2cccc(Br)c2)NC1=O. The van der Waals surface area contributed by atoms with Crippen LogP contribution in [0, 0.1) is 0 Å². The average molecular weight is 541 g/mol. The number of halogens is 2. The van der Waals surface area contributed by atoms with Crippen molar-refractivity contribution in [3.63, 3.8) is 0 Å². The largest absolute Gasteiger partial charge is 0.488 e. The molecule has 1 atom stereocenters. The van der Waals surface area contributed by atoms with E-state index in [1.807, 2.05) is 42.5 Å². The predicted molar refractivity (Wildman–Crippen MR) is 119 cm³/mol. The van der Waals surface area contributed by atoms with Crippen LogP contribution in [0.3, 0.4) is 0 Å². The van der Waals surface area contributed by atoms with E-state index in [2.05, 4.69) is 47.4 Å². The summed E-state index contributed by atoms with van der Waals surface area (Å²) in [6.45, 7) is 0.388. The summed E-state index contributed by atoms with van der Waals surface area (Å²) in [6, 6.07) is 13.4. The number of carboxylic acids is 1. The number of thioether (sulfide) groups is 1. The Balaban J connectivity index is 1.69. The number of nitrogens with one attached hydrogen (secondary N) is 1. The summed E-state index contributed by atoms with van der Waals surface area (Å²) in [6.07, 6.45) is 1.25. The van der Waals surface area contributed by atoms with Gasteiger partial charge in [0.2, 0.25) is 5.91 Å². The van der Waals surface area contributed by atoms with Crippen LogP contribution in [0.1, 0.15) is 17.5 Å². The third-order valence-electron chi connectivity index (χ3n) is 3.74. The summed E-state index contributed by atoms with van der Waals surface area (Å²) in [5.41, 5.74) is 1.72. The van der Waals surface area contributed by atoms with Gasteiger partial charge < -0.3 is 15.2 Å². The van der Waals surface area contributed by atoms with Crippen molar-refractivity contribution in [1.82, 2.24) is 5.32 Å². The Morgan fingerprint density at radius 2 is 2.03 bits per heavy atom. The lowest BCUT2D eigenvalue weighted by molar-refractivity contribution is -0.138. The first-order valence-corrected chi connectivity index (χ1v) is 10.8. The molecular formula is C19H15Br2N3O4S. The van der Waals surface area contributed by atoms with E-state index in [1.54, 1.807) is 0 Å². The maximum atomic E-state index is 11.7. The highest BCUT2D eigenvalue weighted by molar-refractivity contribution is 9.10. The molecule has 3 rings (SSSR count). The molecule has 1 amide bonds. The van der Waals surface area contributed by atoms with Gasteiger partial charge in [0.1, 0.15) is 17.6 Å². The van der Waals surface area contributed by atoms with Crippen LogP contribution in [0.15, 0.2) is 61.6 Å². The fraction of sp³-hybridized carbons (Fsp3) is 0.158. The first kappa shape index (κ1) is 21.5. The Bertz CT molecular complexity index is 997. The fourth-order valence-electron chi connectivity index (χ4n) is 2.43. The van der Waals surface area contributed by atoms with Crippen LogP contribution in [0.25, 0.3) is 0 Å². The van der Waals surface area contributed by atoms with Gasteiger partial charge in [-0.25, -0.2) is 0 Å². The van der Waals surface area contributed by atoms with Crippen LogP contribution in [0.2, 0.25) is 0 Å². The topological polar surface area (TPSA) is 100 Å². The highest BCUT2D eigenvalue weighted by atomic mass is 79.9.